The van der Waals surface area contributed by atoms with Crippen molar-refractivity contribution in [1.29, 1.82) is 0 Å². The summed E-state index contributed by atoms with van der Waals surface area (Å²) in [6, 6.07) is 7.58. The van der Waals surface area contributed by atoms with E-state index >= 15 is 0 Å². The van der Waals surface area contributed by atoms with Crippen molar-refractivity contribution in [3.05, 3.63) is 88.2 Å². The minimum atomic E-state index is -5.02. The standard InChI is InChI=1S/C27H27BrF5N4O3PS/c1-16(22-5-3-4-6-24(22)38)11-25(37-17(2)23(28)15-34-37)35-20-7-9-36(10-8-20)42(39,40)21-13-18(26(29,30)31)12-19(14-21)27(32,33)41/h3-6,11-15,20,35,38H,1,7-10,41H2,2H3/b25-11-. The predicted octanol–water partition coefficient (Wildman–Crippen LogP) is 6.56. The summed E-state index contributed by atoms with van der Waals surface area (Å²) in [5.41, 5.74) is -4.57. The average molecular weight is 693 g/mol. The molecule has 0 bridgehead atoms. The molecule has 42 heavy (non-hydrogen) atoms. The number of hydrogen-bond acceptors (Lipinski definition) is 5. The third-order valence-corrected chi connectivity index (χ3v) is 9.79. The van der Waals surface area contributed by atoms with Crippen molar-refractivity contribution in [3.63, 3.8) is 0 Å². The van der Waals surface area contributed by atoms with Gasteiger partial charge in [0.1, 0.15) is 11.6 Å². The molecule has 1 aliphatic rings. The molecule has 0 spiro atoms. The summed E-state index contributed by atoms with van der Waals surface area (Å²) in [6.07, 6.45) is -1.21. The van der Waals surface area contributed by atoms with E-state index in [2.05, 4.69) is 32.9 Å². The maximum atomic E-state index is 13.9. The second-order valence-electron chi connectivity index (χ2n) is 9.75. The quantitative estimate of drug-likeness (QED) is 0.159. The minimum absolute atomic E-state index is 0.0344. The third kappa shape index (κ3) is 7.04. The van der Waals surface area contributed by atoms with Gasteiger partial charge in [-0.2, -0.15) is 31.4 Å². The number of nitrogens with one attached hydrogen (secondary N) is 1. The molecule has 0 radical (unpaired) electrons. The molecule has 7 nitrogen and oxygen atoms in total. The molecule has 1 atom stereocenters. The summed E-state index contributed by atoms with van der Waals surface area (Å²) in [7, 11) is -3.38. The fourth-order valence-corrected chi connectivity index (χ4v) is 6.45. The lowest BCUT2D eigenvalue weighted by Crippen LogP contribution is -2.45. The minimum Gasteiger partial charge on any atom is -0.507 e. The summed E-state index contributed by atoms with van der Waals surface area (Å²) in [5, 5.41) is 18.0. The number of sulfonamides is 1. The Kier molecular flexibility index (Phi) is 9.23. The maximum absolute atomic E-state index is 13.9. The Bertz CT molecular complexity index is 1600. The van der Waals surface area contributed by atoms with Crippen LogP contribution >= 0.6 is 25.2 Å². The number of phenols is 1. The van der Waals surface area contributed by atoms with E-state index in [1.54, 1.807) is 35.2 Å². The fraction of sp³-hybridized carbons (Fsp3) is 0.296. The molecule has 1 unspecified atom stereocenters. The van der Waals surface area contributed by atoms with Gasteiger partial charge in [-0.05, 0) is 71.6 Å². The highest BCUT2D eigenvalue weighted by molar-refractivity contribution is 9.10. The van der Waals surface area contributed by atoms with Gasteiger partial charge in [-0.25, -0.2) is 13.1 Å². The van der Waals surface area contributed by atoms with Crippen LogP contribution in [0.5, 0.6) is 5.75 Å². The number of nitrogens with zero attached hydrogens (tertiary/aromatic N) is 3. The topological polar surface area (TPSA) is 87.5 Å². The first-order chi connectivity index (χ1) is 19.5. The summed E-state index contributed by atoms with van der Waals surface area (Å²) >= 11 is 3.43. The van der Waals surface area contributed by atoms with Gasteiger partial charge in [0.2, 0.25) is 10.0 Å². The van der Waals surface area contributed by atoms with E-state index in [1.165, 1.54) is 6.07 Å². The van der Waals surface area contributed by atoms with E-state index in [0.717, 1.165) is 23.7 Å². The summed E-state index contributed by atoms with van der Waals surface area (Å²) in [4.78, 5) is -0.850. The van der Waals surface area contributed by atoms with Crippen LogP contribution < -0.4 is 5.32 Å². The second-order valence-corrected chi connectivity index (χ2v) is 13.3. The van der Waals surface area contributed by atoms with Crippen molar-refractivity contribution in [2.45, 2.75) is 42.5 Å². The van der Waals surface area contributed by atoms with Gasteiger partial charge in [0.15, 0.2) is 0 Å². The Morgan fingerprint density at radius 3 is 2.31 bits per heavy atom. The Morgan fingerprint density at radius 2 is 1.76 bits per heavy atom. The van der Waals surface area contributed by atoms with Gasteiger partial charge in [0.25, 0.3) is 5.66 Å². The van der Waals surface area contributed by atoms with Gasteiger partial charge >= 0.3 is 6.18 Å². The molecule has 0 saturated carbocycles. The zero-order valence-corrected chi connectivity index (χ0v) is 25.7. The van der Waals surface area contributed by atoms with Crippen molar-refractivity contribution in [2.75, 3.05) is 13.1 Å². The molecule has 3 aromatic rings. The van der Waals surface area contributed by atoms with Gasteiger partial charge < -0.3 is 10.4 Å². The van der Waals surface area contributed by atoms with Gasteiger partial charge in [-0.1, -0.05) is 34.0 Å². The SMILES string of the molecule is C=C(/C=C(/NC1CCN(S(=O)(=O)c2cc(C(F)(F)F)cc(C(F)(F)P)c2)CC1)n1ncc(Br)c1C)c1ccccc1O. The van der Waals surface area contributed by atoms with Crippen LogP contribution in [0.2, 0.25) is 0 Å². The lowest BCUT2D eigenvalue weighted by atomic mass is 10.0. The van der Waals surface area contributed by atoms with Crippen molar-refractivity contribution in [1.82, 2.24) is 19.4 Å². The number of aromatic hydroxyl groups is 1. The lowest BCUT2D eigenvalue weighted by molar-refractivity contribution is -0.137. The average Bonchev–Trinajstić information content (AvgIpc) is 3.25. The molecule has 226 valence electrons. The second kappa shape index (κ2) is 12.1. The van der Waals surface area contributed by atoms with E-state index < -0.39 is 37.9 Å². The van der Waals surface area contributed by atoms with Crippen LogP contribution in [0.4, 0.5) is 22.0 Å². The molecule has 2 aromatic carbocycles. The summed E-state index contributed by atoms with van der Waals surface area (Å²) in [6.45, 7) is 5.74. The number of piperidine rings is 1. The zero-order chi connectivity index (χ0) is 31.0. The van der Waals surface area contributed by atoms with E-state index in [0.29, 0.717) is 29.1 Å². The first-order valence-corrected chi connectivity index (χ1v) is 15.3. The molecule has 1 saturated heterocycles. The number of hydrogen-bond donors (Lipinski definition) is 2. The number of benzene rings is 2. The molecule has 0 amide bonds. The Labute approximate surface area is 250 Å². The van der Waals surface area contributed by atoms with Crippen LogP contribution in [0.1, 0.15) is 35.2 Å². The predicted molar refractivity (Wildman–Crippen MR) is 156 cm³/mol. The summed E-state index contributed by atoms with van der Waals surface area (Å²) < 4.78 is 98.1. The molecule has 15 heteroatoms. The highest BCUT2D eigenvalue weighted by atomic mass is 79.9. The molecule has 1 aromatic heterocycles. The molecule has 1 fully saturated rings. The fourth-order valence-electron chi connectivity index (χ4n) is 4.49. The number of rotatable bonds is 8. The molecule has 2 N–H and O–H groups in total. The lowest BCUT2D eigenvalue weighted by Gasteiger charge is -2.33. The normalized spacial score (nSPS) is 16.0. The van der Waals surface area contributed by atoms with Gasteiger partial charge in [-0.15, -0.1) is 0 Å². The van der Waals surface area contributed by atoms with Crippen LogP contribution in [-0.2, 0) is 21.9 Å². The van der Waals surface area contributed by atoms with Crippen molar-refractivity contribution < 1.29 is 35.5 Å². The number of phenolic OH excluding ortho intramolecular Hbond substituents is 1. The largest absolute Gasteiger partial charge is 0.507 e. The monoisotopic (exact) mass is 692 g/mol. The van der Waals surface area contributed by atoms with Crippen LogP contribution in [0, 0.1) is 6.92 Å². The van der Waals surface area contributed by atoms with Gasteiger partial charge in [0, 0.05) is 30.3 Å². The van der Waals surface area contributed by atoms with Crippen LogP contribution in [0.3, 0.4) is 0 Å². The molecule has 0 aliphatic carbocycles. The van der Waals surface area contributed by atoms with E-state index in [9.17, 15) is 35.5 Å². The molecule has 4 rings (SSSR count). The molecule has 1 aliphatic heterocycles. The van der Waals surface area contributed by atoms with Crippen molar-refractivity contribution in [2.24, 2.45) is 0 Å². The summed E-state index contributed by atoms with van der Waals surface area (Å²) in [5.74, 6) is 0.533. The Morgan fingerprint density at radius 1 is 1.14 bits per heavy atom. The van der Waals surface area contributed by atoms with Crippen LogP contribution in [0.25, 0.3) is 11.4 Å². The number of alkyl halides is 5. The Hall–Kier alpha value is -2.80. The van der Waals surface area contributed by atoms with Gasteiger partial charge in [-0.3, -0.25) is 0 Å². The third-order valence-electron chi connectivity index (χ3n) is 6.80. The van der Waals surface area contributed by atoms with Crippen molar-refractivity contribution in [3.8, 4) is 5.75 Å². The zero-order valence-electron chi connectivity index (χ0n) is 22.2. The van der Waals surface area contributed by atoms with E-state index in [-0.39, 0.29) is 43.8 Å². The molecular formula is C27H27BrF5N4O3PS. The molecular weight excluding hydrogens is 666 g/mol. The number of allylic oxidation sites excluding steroid dienone is 2. The van der Waals surface area contributed by atoms with Gasteiger partial charge in [0.05, 0.1) is 26.8 Å². The van der Waals surface area contributed by atoms with Crippen LogP contribution in [0.15, 0.2) is 70.7 Å². The van der Waals surface area contributed by atoms with Crippen LogP contribution in [-0.4, -0.2) is 46.7 Å². The van der Waals surface area contributed by atoms with E-state index in [4.69, 9.17) is 0 Å². The first-order valence-electron chi connectivity index (χ1n) is 12.5. The highest BCUT2D eigenvalue weighted by Crippen LogP contribution is 2.40. The first kappa shape index (κ1) is 32.1. The number of halogens is 6. The smallest absolute Gasteiger partial charge is 0.416 e. The maximum Gasteiger partial charge on any atom is 0.416 e. The number of aromatic nitrogens is 2. The highest BCUT2D eigenvalue weighted by Gasteiger charge is 2.38. The van der Waals surface area contributed by atoms with E-state index in [1.807, 2.05) is 6.92 Å². The Balaban J connectivity index is 1.57. The number of para-hydroxylation sites is 1. The van der Waals surface area contributed by atoms with Crippen molar-refractivity contribution >= 4 is 46.6 Å². The molecule has 2 heterocycles.